The molecule has 140 valence electrons. The molecule has 2 aliphatic heterocycles. The molecule has 0 radical (unpaired) electrons. The van der Waals surface area contributed by atoms with Gasteiger partial charge in [-0.15, -0.1) is 10.2 Å². The molecule has 4 heterocycles. The smallest absolute Gasteiger partial charge is 0.228 e. The van der Waals surface area contributed by atoms with Crippen molar-refractivity contribution in [1.29, 1.82) is 0 Å². The Bertz CT molecular complexity index is 838. The van der Waals surface area contributed by atoms with E-state index < -0.39 is 10.8 Å². The van der Waals surface area contributed by atoms with Crippen LogP contribution in [0.5, 0.6) is 0 Å². The highest BCUT2D eigenvalue weighted by atomic mass is 32.2. The molecule has 0 aliphatic carbocycles. The summed E-state index contributed by atoms with van der Waals surface area (Å²) < 4.78 is 14.5. The van der Waals surface area contributed by atoms with Crippen LogP contribution in [-0.2, 0) is 30.3 Å². The maximum Gasteiger partial charge on any atom is 0.228 e. The molecule has 2 atom stereocenters. The van der Waals surface area contributed by atoms with Crippen molar-refractivity contribution < 1.29 is 9.32 Å². The van der Waals surface area contributed by atoms with E-state index in [2.05, 4.69) is 30.4 Å². The molecule has 0 saturated carbocycles. The maximum absolute atomic E-state index is 12.4. The lowest BCUT2D eigenvalue weighted by atomic mass is 10.1. The first-order valence-corrected chi connectivity index (χ1v) is 10.2. The second kappa shape index (κ2) is 6.92. The quantitative estimate of drug-likeness (QED) is 0.760. The van der Waals surface area contributed by atoms with Crippen LogP contribution in [0.4, 0.5) is 11.8 Å². The second-order valence-electron chi connectivity index (χ2n) is 6.99. The van der Waals surface area contributed by atoms with E-state index in [1.54, 1.807) is 6.33 Å². The van der Waals surface area contributed by atoms with Crippen molar-refractivity contribution in [1.82, 2.24) is 24.7 Å². The highest BCUT2D eigenvalue weighted by Gasteiger charge is 2.29. The zero-order chi connectivity index (χ0) is 18.3. The molecule has 0 aromatic carbocycles. The molecule has 10 heteroatoms. The van der Waals surface area contributed by atoms with Crippen molar-refractivity contribution >= 4 is 22.6 Å². The first-order chi connectivity index (χ1) is 12.6. The number of hydrogen-bond donors (Lipinski definition) is 2. The van der Waals surface area contributed by atoms with Crippen molar-refractivity contribution in [3.8, 4) is 0 Å². The van der Waals surface area contributed by atoms with Crippen LogP contribution >= 0.6 is 0 Å². The molecule has 2 aromatic rings. The maximum atomic E-state index is 12.4. The molecule has 2 unspecified atom stereocenters. The Morgan fingerprint density at radius 3 is 2.96 bits per heavy atom. The Kier molecular flexibility index (Phi) is 4.62. The fourth-order valence-corrected chi connectivity index (χ4v) is 4.57. The summed E-state index contributed by atoms with van der Waals surface area (Å²) in [7, 11) is -1.10. The summed E-state index contributed by atoms with van der Waals surface area (Å²) in [5.41, 5.74) is 0.836. The molecule has 0 amide bonds. The van der Waals surface area contributed by atoms with Crippen LogP contribution in [0.1, 0.15) is 25.4 Å². The SMILES string of the molecule is CC(C)C(CO)Nc1nc(N2CCn3cnnc3C2)nc2c1S(=O)CC2. The van der Waals surface area contributed by atoms with Crippen molar-refractivity contribution in [2.24, 2.45) is 5.92 Å². The number of fused-ring (bicyclic) bond motifs is 2. The monoisotopic (exact) mass is 377 g/mol. The molecular weight excluding hydrogens is 354 g/mol. The van der Waals surface area contributed by atoms with E-state index in [-0.39, 0.29) is 18.6 Å². The molecular formula is C16H23N7O2S. The minimum atomic E-state index is -1.10. The topological polar surface area (TPSA) is 109 Å². The van der Waals surface area contributed by atoms with Gasteiger partial charge in [-0.1, -0.05) is 13.8 Å². The molecule has 0 saturated heterocycles. The van der Waals surface area contributed by atoms with Crippen molar-refractivity contribution in [3.63, 3.8) is 0 Å². The lowest BCUT2D eigenvalue weighted by Crippen LogP contribution is -2.35. The van der Waals surface area contributed by atoms with Crippen LogP contribution in [-0.4, -0.2) is 59.0 Å². The Balaban J connectivity index is 1.69. The van der Waals surface area contributed by atoms with Crippen LogP contribution in [0, 0.1) is 5.92 Å². The van der Waals surface area contributed by atoms with E-state index in [0.717, 1.165) is 24.6 Å². The van der Waals surface area contributed by atoms with E-state index in [1.165, 1.54) is 0 Å². The molecule has 0 fully saturated rings. The van der Waals surface area contributed by atoms with E-state index >= 15 is 0 Å². The molecule has 2 aliphatic rings. The molecule has 2 N–H and O–H groups in total. The third-order valence-corrected chi connectivity index (χ3v) is 6.38. The first-order valence-electron chi connectivity index (χ1n) is 8.85. The number of aryl methyl sites for hydroxylation is 1. The van der Waals surface area contributed by atoms with Gasteiger partial charge in [-0.2, -0.15) is 4.98 Å². The van der Waals surface area contributed by atoms with Gasteiger partial charge in [0.25, 0.3) is 0 Å². The van der Waals surface area contributed by atoms with Gasteiger partial charge in [0, 0.05) is 25.3 Å². The highest BCUT2D eigenvalue weighted by Crippen LogP contribution is 2.31. The number of hydrogen-bond acceptors (Lipinski definition) is 8. The predicted octanol–water partition coefficient (Wildman–Crippen LogP) is 0.181. The molecule has 0 spiro atoms. The Labute approximate surface area is 154 Å². The summed E-state index contributed by atoms with van der Waals surface area (Å²) in [5, 5.41) is 21.1. The van der Waals surface area contributed by atoms with Gasteiger partial charge < -0.3 is 19.9 Å². The van der Waals surface area contributed by atoms with Crippen LogP contribution in [0.2, 0.25) is 0 Å². The number of anilines is 2. The second-order valence-corrected chi connectivity index (χ2v) is 8.49. The third kappa shape index (κ3) is 3.07. The summed E-state index contributed by atoms with van der Waals surface area (Å²) in [5.74, 6) is 2.87. The molecule has 26 heavy (non-hydrogen) atoms. The third-order valence-electron chi connectivity index (χ3n) is 4.92. The van der Waals surface area contributed by atoms with Crippen LogP contribution < -0.4 is 10.2 Å². The van der Waals surface area contributed by atoms with E-state index in [0.29, 0.717) is 35.4 Å². The fraction of sp³-hybridized carbons (Fsp3) is 0.625. The molecule has 9 nitrogen and oxygen atoms in total. The Morgan fingerprint density at radius 2 is 2.19 bits per heavy atom. The first kappa shape index (κ1) is 17.3. The van der Waals surface area contributed by atoms with Gasteiger partial charge >= 0.3 is 0 Å². The Morgan fingerprint density at radius 1 is 1.35 bits per heavy atom. The fourth-order valence-electron chi connectivity index (χ4n) is 3.26. The zero-order valence-corrected chi connectivity index (χ0v) is 15.7. The lowest BCUT2D eigenvalue weighted by molar-refractivity contribution is 0.249. The number of aromatic nitrogens is 5. The van der Waals surface area contributed by atoms with E-state index in [1.807, 2.05) is 18.4 Å². The van der Waals surface area contributed by atoms with Crippen molar-refractivity contribution in [2.45, 2.75) is 44.3 Å². The minimum Gasteiger partial charge on any atom is -0.394 e. The number of rotatable bonds is 5. The van der Waals surface area contributed by atoms with Gasteiger partial charge in [0.2, 0.25) is 5.95 Å². The highest BCUT2D eigenvalue weighted by molar-refractivity contribution is 7.85. The summed E-state index contributed by atoms with van der Waals surface area (Å²) in [6.07, 6.45) is 2.42. The van der Waals surface area contributed by atoms with Gasteiger partial charge in [0.15, 0.2) is 5.82 Å². The van der Waals surface area contributed by atoms with E-state index in [4.69, 9.17) is 0 Å². The largest absolute Gasteiger partial charge is 0.394 e. The molecule has 4 rings (SSSR count). The average molecular weight is 377 g/mol. The van der Waals surface area contributed by atoms with Gasteiger partial charge in [0.1, 0.15) is 17.0 Å². The van der Waals surface area contributed by atoms with Gasteiger partial charge in [0.05, 0.1) is 35.7 Å². The standard InChI is InChI=1S/C16H23N7O2S/c1-10(2)12(8-24)18-15-14-11(3-6-26(14)25)19-16(20-15)22-4-5-23-9-17-21-13(23)7-22/h9-10,12,24H,3-8H2,1-2H3,(H,18,19,20). The van der Waals surface area contributed by atoms with Crippen LogP contribution in [0.25, 0.3) is 0 Å². The summed E-state index contributed by atoms with van der Waals surface area (Å²) in [6.45, 7) is 6.19. The zero-order valence-electron chi connectivity index (χ0n) is 14.9. The van der Waals surface area contributed by atoms with Gasteiger partial charge in [-0.05, 0) is 5.92 Å². The minimum absolute atomic E-state index is 0.00870. The van der Waals surface area contributed by atoms with Crippen LogP contribution in [0.15, 0.2) is 11.2 Å². The van der Waals surface area contributed by atoms with Gasteiger partial charge in [-0.3, -0.25) is 4.21 Å². The lowest BCUT2D eigenvalue weighted by Gasteiger charge is -2.28. The predicted molar refractivity (Wildman–Crippen MR) is 97.4 cm³/mol. The normalized spacial score (nSPS) is 20.2. The van der Waals surface area contributed by atoms with Crippen molar-refractivity contribution in [2.75, 3.05) is 29.1 Å². The number of nitrogens with zero attached hydrogens (tertiary/aromatic N) is 6. The number of nitrogens with one attached hydrogen (secondary N) is 1. The summed E-state index contributed by atoms with van der Waals surface area (Å²) >= 11 is 0. The molecule has 2 aromatic heterocycles. The summed E-state index contributed by atoms with van der Waals surface area (Å²) in [4.78, 5) is 12.1. The van der Waals surface area contributed by atoms with E-state index in [9.17, 15) is 9.32 Å². The molecule has 0 bridgehead atoms. The summed E-state index contributed by atoms with van der Waals surface area (Å²) in [6, 6.07) is -0.149. The van der Waals surface area contributed by atoms with Gasteiger partial charge in [-0.25, -0.2) is 4.98 Å². The van der Waals surface area contributed by atoms with Crippen molar-refractivity contribution in [3.05, 3.63) is 17.8 Å². The number of aliphatic hydroxyl groups excluding tert-OH is 1. The average Bonchev–Trinajstić information content (AvgIpc) is 3.25. The number of aliphatic hydroxyl groups is 1. The van der Waals surface area contributed by atoms with Crippen LogP contribution in [0.3, 0.4) is 0 Å². The Hall–Kier alpha value is -2.07.